The van der Waals surface area contributed by atoms with Crippen molar-refractivity contribution in [3.8, 4) is 11.5 Å². The van der Waals surface area contributed by atoms with Crippen LogP contribution in [0.25, 0.3) is 0 Å². The molecule has 2 rings (SSSR count). The second-order valence-electron chi connectivity index (χ2n) is 10.1. The number of carbonyl (C=O) groups is 4. The first-order valence-corrected chi connectivity index (χ1v) is 13.5. The van der Waals surface area contributed by atoms with E-state index in [0.717, 1.165) is 0 Å². The largest absolute Gasteiger partial charge is 0.496 e. The fourth-order valence-corrected chi connectivity index (χ4v) is 4.39. The summed E-state index contributed by atoms with van der Waals surface area (Å²) in [4.78, 5) is 50.7. The Hall–Kier alpha value is -3.83. The lowest BCUT2D eigenvalue weighted by Crippen LogP contribution is -2.42. The SMILES string of the molecule is COC(=O)CCC(=O)OCC(C)(C)CN(C(=O)CCC(=O)OC)c1c(OC)cc(Cl)cc1[C@H](O)c1ccccc1OC. The van der Waals surface area contributed by atoms with E-state index in [2.05, 4.69) is 4.74 Å². The number of anilines is 1. The summed E-state index contributed by atoms with van der Waals surface area (Å²) in [6.45, 7) is 3.44. The quantitative estimate of drug-likeness (QED) is 0.231. The summed E-state index contributed by atoms with van der Waals surface area (Å²) < 4.78 is 25.7. The van der Waals surface area contributed by atoms with Crippen molar-refractivity contribution >= 4 is 41.1 Å². The maximum atomic E-state index is 13.7. The van der Waals surface area contributed by atoms with Crippen molar-refractivity contribution in [2.75, 3.05) is 46.5 Å². The van der Waals surface area contributed by atoms with Crippen LogP contribution < -0.4 is 14.4 Å². The molecule has 2 aromatic rings. The van der Waals surface area contributed by atoms with Crippen molar-refractivity contribution in [3.63, 3.8) is 0 Å². The zero-order valence-corrected chi connectivity index (χ0v) is 25.5. The van der Waals surface area contributed by atoms with E-state index >= 15 is 0 Å². The van der Waals surface area contributed by atoms with E-state index in [1.54, 1.807) is 38.1 Å². The zero-order valence-electron chi connectivity index (χ0n) is 24.7. The molecule has 0 spiro atoms. The third-order valence-corrected chi connectivity index (χ3v) is 6.55. The highest BCUT2D eigenvalue weighted by Gasteiger charge is 2.33. The fourth-order valence-electron chi connectivity index (χ4n) is 4.17. The normalized spacial score (nSPS) is 11.7. The summed E-state index contributed by atoms with van der Waals surface area (Å²) in [5, 5.41) is 11.9. The average molecular weight is 608 g/mol. The van der Waals surface area contributed by atoms with Gasteiger partial charge >= 0.3 is 17.9 Å². The second-order valence-corrected chi connectivity index (χ2v) is 10.6. The van der Waals surface area contributed by atoms with Gasteiger partial charge in [-0.2, -0.15) is 0 Å². The Balaban J connectivity index is 2.55. The molecule has 2 aromatic carbocycles. The minimum atomic E-state index is -1.29. The molecule has 11 nitrogen and oxygen atoms in total. The number of para-hydroxylation sites is 1. The van der Waals surface area contributed by atoms with Crippen LogP contribution in [0.1, 0.15) is 56.8 Å². The predicted molar refractivity (Wildman–Crippen MR) is 155 cm³/mol. The van der Waals surface area contributed by atoms with Gasteiger partial charge in [0.1, 0.15) is 17.6 Å². The van der Waals surface area contributed by atoms with E-state index in [9.17, 15) is 24.3 Å². The van der Waals surface area contributed by atoms with E-state index in [1.165, 1.54) is 45.5 Å². The van der Waals surface area contributed by atoms with Crippen LogP contribution >= 0.6 is 11.6 Å². The number of aliphatic hydroxyl groups excluding tert-OH is 1. The van der Waals surface area contributed by atoms with Gasteiger partial charge in [-0.1, -0.05) is 43.6 Å². The third-order valence-electron chi connectivity index (χ3n) is 6.33. The van der Waals surface area contributed by atoms with E-state index < -0.39 is 35.3 Å². The molecule has 1 amide bonds. The highest BCUT2D eigenvalue weighted by molar-refractivity contribution is 6.31. The smallest absolute Gasteiger partial charge is 0.306 e. The number of carbonyl (C=O) groups excluding carboxylic acids is 4. The number of benzene rings is 2. The summed E-state index contributed by atoms with van der Waals surface area (Å²) in [6, 6.07) is 9.90. The third kappa shape index (κ3) is 9.63. The number of ether oxygens (including phenoxy) is 5. The molecule has 0 aliphatic rings. The molecule has 0 unspecified atom stereocenters. The molecule has 230 valence electrons. The topological polar surface area (TPSA) is 138 Å². The van der Waals surface area contributed by atoms with Gasteiger partial charge in [-0.05, 0) is 12.1 Å². The lowest BCUT2D eigenvalue weighted by atomic mass is 9.91. The first-order valence-electron chi connectivity index (χ1n) is 13.2. The minimum absolute atomic E-state index is 0.0130. The number of halogens is 1. The van der Waals surface area contributed by atoms with Crippen LogP contribution in [0.2, 0.25) is 5.02 Å². The summed E-state index contributed by atoms with van der Waals surface area (Å²) in [6.07, 6.45) is -1.98. The number of amides is 1. The Bertz CT molecular complexity index is 1260. The van der Waals surface area contributed by atoms with E-state index in [-0.39, 0.29) is 60.9 Å². The molecule has 0 bridgehead atoms. The fraction of sp³-hybridized carbons (Fsp3) is 0.467. The van der Waals surface area contributed by atoms with Gasteiger partial charge in [0, 0.05) is 40.6 Å². The molecule has 1 N–H and O–H groups in total. The second kappa shape index (κ2) is 16.0. The van der Waals surface area contributed by atoms with Crippen LogP contribution in [-0.2, 0) is 33.4 Å². The summed E-state index contributed by atoms with van der Waals surface area (Å²) >= 11 is 6.41. The van der Waals surface area contributed by atoms with Gasteiger partial charge in [0.15, 0.2) is 0 Å². The Labute approximate surface area is 250 Å². The summed E-state index contributed by atoms with van der Waals surface area (Å²) in [7, 11) is 5.33. The molecule has 1 atom stereocenters. The number of nitrogens with zero attached hydrogens (tertiary/aromatic N) is 1. The standard InChI is InChI=1S/C30H38ClNO10/c1-30(2,18-42-27(36)14-13-26(35)41-6)17-32(24(33)11-12-25(34)40-5)28-21(15-19(31)16-23(28)39-4)29(37)20-9-7-8-10-22(20)38-3/h7-10,15-16,29,37H,11-14,17-18H2,1-6H3/t29-/m1/s1. The Morgan fingerprint density at radius 2 is 1.40 bits per heavy atom. The first-order chi connectivity index (χ1) is 19.9. The summed E-state index contributed by atoms with van der Waals surface area (Å²) in [5.74, 6) is -1.57. The number of hydrogen-bond donors (Lipinski definition) is 1. The van der Waals surface area contributed by atoms with Gasteiger partial charge in [-0.25, -0.2) is 0 Å². The molecule has 42 heavy (non-hydrogen) atoms. The van der Waals surface area contributed by atoms with Crippen LogP contribution in [0.15, 0.2) is 36.4 Å². The molecule has 0 aliphatic carbocycles. The number of aliphatic hydroxyl groups is 1. The van der Waals surface area contributed by atoms with E-state index in [0.29, 0.717) is 11.3 Å². The van der Waals surface area contributed by atoms with E-state index in [4.69, 9.17) is 30.5 Å². The number of hydrogen-bond acceptors (Lipinski definition) is 10. The Kier molecular flexibility index (Phi) is 13.1. The molecule has 0 saturated heterocycles. The molecule has 0 radical (unpaired) electrons. The maximum Gasteiger partial charge on any atom is 0.306 e. The molecule has 0 saturated carbocycles. The van der Waals surface area contributed by atoms with Crippen molar-refractivity contribution in [2.45, 2.75) is 45.6 Å². The monoisotopic (exact) mass is 607 g/mol. The van der Waals surface area contributed by atoms with Crippen LogP contribution in [0, 0.1) is 5.41 Å². The predicted octanol–water partition coefficient (Wildman–Crippen LogP) is 4.25. The number of rotatable bonds is 15. The van der Waals surface area contributed by atoms with Crippen LogP contribution in [0.5, 0.6) is 11.5 Å². The van der Waals surface area contributed by atoms with Crippen molar-refractivity contribution in [2.24, 2.45) is 5.41 Å². The zero-order chi connectivity index (χ0) is 31.4. The van der Waals surface area contributed by atoms with Crippen LogP contribution in [0.3, 0.4) is 0 Å². The first kappa shape index (κ1) is 34.4. The van der Waals surface area contributed by atoms with Gasteiger partial charge in [-0.15, -0.1) is 0 Å². The molecular formula is C30H38ClNO10. The lowest BCUT2D eigenvalue weighted by molar-refractivity contribution is -0.150. The van der Waals surface area contributed by atoms with Crippen LogP contribution in [-0.4, -0.2) is 70.5 Å². The Morgan fingerprint density at radius 1 is 0.833 bits per heavy atom. The van der Waals surface area contributed by atoms with Crippen molar-refractivity contribution < 1.29 is 48.0 Å². The summed E-state index contributed by atoms with van der Waals surface area (Å²) in [5.41, 5.74) is 0.0619. The van der Waals surface area contributed by atoms with Crippen molar-refractivity contribution in [3.05, 3.63) is 52.5 Å². The molecular weight excluding hydrogens is 570 g/mol. The molecule has 0 heterocycles. The molecule has 12 heteroatoms. The van der Waals surface area contributed by atoms with E-state index in [1.807, 2.05) is 0 Å². The number of esters is 3. The highest BCUT2D eigenvalue weighted by atomic mass is 35.5. The van der Waals surface area contributed by atoms with Crippen molar-refractivity contribution in [1.29, 1.82) is 0 Å². The molecule has 0 fully saturated rings. The Morgan fingerprint density at radius 3 is 2.00 bits per heavy atom. The van der Waals surface area contributed by atoms with Gasteiger partial charge in [0.05, 0.1) is 60.0 Å². The van der Waals surface area contributed by atoms with Crippen LogP contribution in [0.4, 0.5) is 5.69 Å². The van der Waals surface area contributed by atoms with Crippen molar-refractivity contribution in [1.82, 2.24) is 0 Å². The molecule has 0 aliphatic heterocycles. The van der Waals surface area contributed by atoms with Gasteiger partial charge < -0.3 is 33.7 Å². The highest BCUT2D eigenvalue weighted by Crippen LogP contribution is 2.43. The average Bonchev–Trinajstić information content (AvgIpc) is 2.99. The lowest BCUT2D eigenvalue weighted by Gasteiger charge is -2.35. The van der Waals surface area contributed by atoms with Gasteiger partial charge in [0.2, 0.25) is 5.91 Å². The van der Waals surface area contributed by atoms with Gasteiger partial charge in [-0.3, -0.25) is 19.2 Å². The molecule has 0 aromatic heterocycles. The maximum absolute atomic E-state index is 13.7. The number of methoxy groups -OCH3 is 4. The minimum Gasteiger partial charge on any atom is -0.496 e. The van der Waals surface area contributed by atoms with Gasteiger partial charge in [0.25, 0.3) is 0 Å².